The molecule has 98 valence electrons. The van der Waals surface area contributed by atoms with Gasteiger partial charge in [-0.15, -0.1) is 0 Å². The van der Waals surface area contributed by atoms with E-state index in [9.17, 15) is 9.59 Å². The second kappa shape index (κ2) is 6.53. The Kier molecular flexibility index (Phi) is 5.04. The summed E-state index contributed by atoms with van der Waals surface area (Å²) in [6.07, 6.45) is 2.78. The summed E-state index contributed by atoms with van der Waals surface area (Å²) >= 11 is 0. The predicted molar refractivity (Wildman–Crippen MR) is 62.1 cm³/mol. The molecule has 0 saturated heterocycles. The van der Waals surface area contributed by atoms with Crippen LogP contribution < -0.4 is 10.1 Å². The van der Waals surface area contributed by atoms with E-state index in [0.717, 1.165) is 5.56 Å². The van der Waals surface area contributed by atoms with Crippen molar-refractivity contribution < 1.29 is 19.4 Å². The van der Waals surface area contributed by atoms with Crippen molar-refractivity contribution in [3.8, 4) is 5.88 Å². The molecule has 0 aliphatic carbocycles. The molecular weight excluding hydrogens is 238 g/mol. The third-order valence-corrected chi connectivity index (χ3v) is 2.08. The van der Waals surface area contributed by atoms with E-state index in [1.807, 2.05) is 0 Å². The Morgan fingerprint density at radius 3 is 2.89 bits per heavy atom. The van der Waals surface area contributed by atoms with Crippen molar-refractivity contribution in [3.05, 3.63) is 18.1 Å². The highest BCUT2D eigenvalue weighted by Crippen LogP contribution is 2.10. The Balaban J connectivity index is 2.38. The van der Waals surface area contributed by atoms with Gasteiger partial charge in [0.1, 0.15) is 6.33 Å². The van der Waals surface area contributed by atoms with Crippen LogP contribution in [0, 0.1) is 6.92 Å². The van der Waals surface area contributed by atoms with Crippen molar-refractivity contribution in [2.75, 3.05) is 6.61 Å². The minimum Gasteiger partial charge on any atom is -0.481 e. The summed E-state index contributed by atoms with van der Waals surface area (Å²) in [5, 5.41) is 11.1. The lowest BCUT2D eigenvalue weighted by Gasteiger charge is -2.12. The first-order chi connectivity index (χ1) is 8.49. The number of hydrogen-bond acceptors (Lipinski definition) is 5. The minimum absolute atomic E-state index is 0.127. The number of aliphatic carboxylic acids is 1. The number of hydrogen-bond donors (Lipinski definition) is 2. The molecule has 0 aliphatic rings. The molecule has 2 N–H and O–H groups in total. The van der Waals surface area contributed by atoms with Crippen LogP contribution in [0.4, 0.5) is 0 Å². The molecule has 1 aromatic heterocycles. The van der Waals surface area contributed by atoms with Crippen molar-refractivity contribution in [1.82, 2.24) is 15.3 Å². The number of amides is 1. The van der Waals surface area contributed by atoms with Gasteiger partial charge < -0.3 is 15.2 Å². The first kappa shape index (κ1) is 13.9. The van der Waals surface area contributed by atoms with Crippen LogP contribution in [0.2, 0.25) is 0 Å². The van der Waals surface area contributed by atoms with Crippen molar-refractivity contribution in [2.45, 2.75) is 26.3 Å². The normalized spacial score (nSPS) is 11.7. The van der Waals surface area contributed by atoms with Gasteiger partial charge >= 0.3 is 5.97 Å². The van der Waals surface area contributed by atoms with Crippen molar-refractivity contribution in [3.63, 3.8) is 0 Å². The molecule has 7 nitrogen and oxygen atoms in total. The molecule has 0 saturated carbocycles. The van der Waals surface area contributed by atoms with Crippen molar-refractivity contribution >= 4 is 11.9 Å². The van der Waals surface area contributed by atoms with Crippen LogP contribution in [-0.2, 0) is 9.59 Å². The van der Waals surface area contributed by atoms with Gasteiger partial charge in [-0.25, -0.2) is 9.97 Å². The zero-order valence-corrected chi connectivity index (χ0v) is 10.2. The second-order valence-corrected chi connectivity index (χ2v) is 3.87. The summed E-state index contributed by atoms with van der Waals surface area (Å²) < 4.78 is 5.19. The molecule has 1 unspecified atom stereocenters. The lowest BCUT2D eigenvalue weighted by atomic mass is 10.2. The van der Waals surface area contributed by atoms with Gasteiger partial charge in [-0.05, 0) is 13.8 Å². The van der Waals surface area contributed by atoms with Crippen LogP contribution in [-0.4, -0.2) is 39.6 Å². The van der Waals surface area contributed by atoms with E-state index >= 15 is 0 Å². The largest absolute Gasteiger partial charge is 0.481 e. The van der Waals surface area contributed by atoms with Gasteiger partial charge in [-0.2, -0.15) is 0 Å². The second-order valence-electron chi connectivity index (χ2n) is 3.87. The summed E-state index contributed by atoms with van der Waals surface area (Å²) in [6.45, 7) is 3.17. The molecule has 0 fully saturated rings. The summed E-state index contributed by atoms with van der Waals surface area (Å²) in [4.78, 5) is 29.5. The molecule has 1 atom stereocenters. The smallest absolute Gasteiger partial charge is 0.305 e. The molecular formula is C11H15N3O4. The monoisotopic (exact) mass is 253 g/mol. The zero-order valence-electron chi connectivity index (χ0n) is 10.2. The average molecular weight is 253 g/mol. The van der Waals surface area contributed by atoms with Crippen molar-refractivity contribution in [2.24, 2.45) is 0 Å². The average Bonchev–Trinajstić information content (AvgIpc) is 2.26. The molecule has 1 amide bonds. The molecule has 0 bridgehead atoms. The Morgan fingerprint density at radius 2 is 2.28 bits per heavy atom. The number of aromatic nitrogens is 2. The van der Waals surface area contributed by atoms with E-state index in [2.05, 4.69) is 15.3 Å². The maximum atomic E-state index is 11.4. The lowest BCUT2D eigenvalue weighted by molar-refractivity contribution is -0.137. The third kappa shape index (κ3) is 4.77. The number of carboxylic acid groups (broad SMARTS) is 1. The summed E-state index contributed by atoms with van der Waals surface area (Å²) in [7, 11) is 0. The Hall–Kier alpha value is -2.18. The van der Waals surface area contributed by atoms with Crippen LogP contribution in [0.25, 0.3) is 0 Å². The van der Waals surface area contributed by atoms with Gasteiger partial charge in [0.15, 0.2) is 6.61 Å². The van der Waals surface area contributed by atoms with Crippen LogP contribution >= 0.6 is 0 Å². The number of aryl methyl sites for hydroxylation is 1. The number of carbonyl (C=O) groups excluding carboxylic acids is 1. The molecule has 1 heterocycles. The maximum Gasteiger partial charge on any atom is 0.305 e. The van der Waals surface area contributed by atoms with Crippen LogP contribution in [0.1, 0.15) is 18.9 Å². The van der Waals surface area contributed by atoms with Crippen LogP contribution in [0.15, 0.2) is 12.5 Å². The van der Waals surface area contributed by atoms with E-state index in [0.29, 0.717) is 5.88 Å². The minimum atomic E-state index is -0.963. The standard InChI is InChI=1S/C11H15N3O4/c1-7-4-12-6-13-11(7)18-5-9(15)14-8(2)3-10(16)17/h4,6,8H,3,5H2,1-2H3,(H,14,15)(H,16,17). The van der Waals surface area contributed by atoms with Crippen LogP contribution in [0.3, 0.4) is 0 Å². The van der Waals surface area contributed by atoms with E-state index in [-0.39, 0.29) is 18.9 Å². The van der Waals surface area contributed by atoms with E-state index in [4.69, 9.17) is 9.84 Å². The fraction of sp³-hybridized carbons (Fsp3) is 0.455. The molecule has 1 rings (SSSR count). The number of nitrogens with zero attached hydrogens (tertiary/aromatic N) is 2. The highest BCUT2D eigenvalue weighted by Gasteiger charge is 2.12. The number of carbonyl (C=O) groups is 2. The number of carboxylic acids is 1. The lowest BCUT2D eigenvalue weighted by Crippen LogP contribution is -2.37. The predicted octanol–water partition coefficient (Wildman–Crippen LogP) is 0.143. The van der Waals surface area contributed by atoms with Gasteiger partial charge in [0.25, 0.3) is 5.91 Å². The highest BCUT2D eigenvalue weighted by atomic mass is 16.5. The maximum absolute atomic E-state index is 11.4. The van der Waals surface area contributed by atoms with E-state index in [1.54, 1.807) is 20.0 Å². The molecule has 0 radical (unpaired) electrons. The quantitative estimate of drug-likeness (QED) is 0.748. The van der Waals surface area contributed by atoms with E-state index in [1.165, 1.54) is 6.33 Å². The molecule has 0 aliphatic heterocycles. The fourth-order valence-corrected chi connectivity index (χ4v) is 1.30. The third-order valence-electron chi connectivity index (χ3n) is 2.08. The van der Waals surface area contributed by atoms with Crippen LogP contribution in [0.5, 0.6) is 5.88 Å². The highest BCUT2D eigenvalue weighted by molar-refractivity contribution is 5.78. The first-order valence-corrected chi connectivity index (χ1v) is 5.39. The van der Waals surface area contributed by atoms with Gasteiger partial charge in [0, 0.05) is 17.8 Å². The Labute approximate surface area is 104 Å². The summed E-state index contributed by atoms with van der Waals surface area (Å²) in [5.41, 5.74) is 0.726. The number of rotatable bonds is 6. The van der Waals surface area contributed by atoms with E-state index < -0.39 is 12.0 Å². The van der Waals surface area contributed by atoms with Crippen molar-refractivity contribution in [1.29, 1.82) is 0 Å². The summed E-state index contributed by atoms with van der Waals surface area (Å²) in [5.74, 6) is -1.01. The molecule has 7 heteroatoms. The van der Waals surface area contributed by atoms with Gasteiger partial charge in [0.2, 0.25) is 5.88 Å². The summed E-state index contributed by atoms with van der Waals surface area (Å²) in [6, 6.07) is -0.440. The fourth-order valence-electron chi connectivity index (χ4n) is 1.30. The Bertz CT molecular complexity index is 436. The van der Waals surface area contributed by atoms with Gasteiger partial charge in [0.05, 0.1) is 6.42 Å². The zero-order chi connectivity index (χ0) is 13.5. The SMILES string of the molecule is Cc1cncnc1OCC(=O)NC(C)CC(=O)O. The topological polar surface area (TPSA) is 101 Å². The Morgan fingerprint density at radius 1 is 1.56 bits per heavy atom. The molecule has 18 heavy (non-hydrogen) atoms. The number of ether oxygens (including phenoxy) is 1. The first-order valence-electron chi connectivity index (χ1n) is 5.39. The van der Waals surface area contributed by atoms with Gasteiger partial charge in [-0.1, -0.05) is 0 Å². The molecule has 1 aromatic rings. The van der Waals surface area contributed by atoms with Gasteiger partial charge in [-0.3, -0.25) is 9.59 Å². The molecule has 0 spiro atoms. The number of nitrogens with one attached hydrogen (secondary N) is 1. The molecule has 0 aromatic carbocycles.